The third-order valence-electron chi connectivity index (χ3n) is 4.94. The highest BCUT2D eigenvalue weighted by Gasteiger charge is 2.55. The second-order valence-corrected chi connectivity index (χ2v) is 6.14. The first-order valence-electron chi connectivity index (χ1n) is 6.36. The molecule has 4 saturated carbocycles. The molecule has 1 N–H and O–H groups in total. The number of aldehydes is 1. The molecule has 3 nitrogen and oxygen atoms in total. The van der Waals surface area contributed by atoms with Crippen LogP contribution in [0.3, 0.4) is 0 Å². The molecule has 0 heterocycles. The Morgan fingerprint density at radius 2 is 1.88 bits per heavy atom. The highest BCUT2D eigenvalue weighted by Crippen LogP contribution is 2.57. The zero-order valence-corrected chi connectivity index (χ0v) is 9.74. The molecule has 0 aliphatic heterocycles. The summed E-state index contributed by atoms with van der Waals surface area (Å²) in [5.74, 6) is 2.19. The van der Waals surface area contributed by atoms with Crippen molar-refractivity contribution < 1.29 is 9.59 Å². The van der Waals surface area contributed by atoms with E-state index in [1.54, 1.807) is 6.92 Å². The lowest BCUT2D eigenvalue weighted by molar-refractivity contribution is -0.132. The van der Waals surface area contributed by atoms with Crippen molar-refractivity contribution in [3.8, 4) is 0 Å². The molecule has 4 fully saturated rings. The zero-order chi connectivity index (χ0) is 11.3. The van der Waals surface area contributed by atoms with E-state index in [-0.39, 0.29) is 17.4 Å². The van der Waals surface area contributed by atoms with Gasteiger partial charge in [-0.3, -0.25) is 4.79 Å². The summed E-state index contributed by atoms with van der Waals surface area (Å²) in [6, 6.07) is 0. The SMILES string of the molecule is CC(=O)NC12CC3CC(C1)C(C=O)C(C3)C2. The Hall–Kier alpha value is -0.860. The van der Waals surface area contributed by atoms with Crippen molar-refractivity contribution in [3.05, 3.63) is 0 Å². The number of nitrogens with one attached hydrogen (secondary N) is 1. The van der Waals surface area contributed by atoms with Gasteiger partial charge in [0, 0.05) is 18.4 Å². The summed E-state index contributed by atoms with van der Waals surface area (Å²) < 4.78 is 0. The van der Waals surface area contributed by atoms with Gasteiger partial charge in [0.05, 0.1) is 0 Å². The normalized spacial score (nSPS) is 49.1. The Morgan fingerprint density at radius 3 is 2.38 bits per heavy atom. The third-order valence-corrected chi connectivity index (χ3v) is 4.94. The first-order valence-corrected chi connectivity index (χ1v) is 6.36. The summed E-state index contributed by atoms with van der Waals surface area (Å²) in [5.41, 5.74) is 0.0435. The smallest absolute Gasteiger partial charge is 0.217 e. The molecule has 0 spiro atoms. The maximum absolute atomic E-state index is 11.3. The zero-order valence-electron chi connectivity index (χ0n) is 9.74. The molecule has 4 bridgehead atoms. The van der Waals surface area contributed by atoms with Gasteiger partial charge in [0.15, 0.2) is 0 Å². The number of carbonyl (C=O) groups excluding carboxylic acids is 2. The van der Waals surface area contributed by atoms with Crippen molar-refractivity contribution in [2.45, 2.75) is 44.6 Å². The first kappa shape index (κ1) is 10.3. The monoisotopic (exact) mass is 221 g/mol. The topological polar surface area (TPSA) is 46.2 Å². The number of rotatable bonds is 2. The van der Waals surface area contributed by atoms with Gasteiger partial charge < -0.3 is 10.1 Å². The van der Waals surface area contributed by atoms with Gasteiger partial charge in [-0.05, 0) is 49.9 Å². The van der Waals surface area contributed by atoms with Crippen molar-refractivity contribution >= 4 is 12.2 Å². The van der Waals surface area contributed by atoms with Crippen LogP contribution >= 0.6 is 0 Å². The van der Waals surface area contributed by atoms with Gasteiger partial charge in [0.1, 0.15) is 6.29 Å². The van der Waals surface area contributed by atoms with Crippen molar-refractivity contribution in [2.24, 2.45) is 23.7 Å². The summed E-state index contributed by atoms with van der Waals surface area (Å²) in [6.45, 7) is 1.61. The van der Waals surface area contributed by atoms with Gasteiger partial charge in [-0.25, -0.2) is 0 Å². The van der Waals surface area contributed by atoms with Gasteiger partial charge in [-0.2, -0.15) is 0 Å². The summed E-state index contributed by atoms with van der Waals surface area (Å²) in [4.78, 5) is 22.4. The fourth-order valence-electron chi connectivity index (χ4n) is 4.81. The van der Waals surface area contributed by atoms with Crippen LogP contribution in [0.1, 0.15) is 39.0 Å². The van der Waals surface area contributed by atoms with Crippen LogP contribution in [-0.4, -0.2) is 17.7 Å². The first-order chi connectivity index (χ1) is 7.62. The minimum Gasteiger partial charge on any atom is -0.351 e. The van der Waals surface area contributed by atoms with E-state index in [0.29, 0.717) is 11.8 Å². The second-order valence-electron chi connectivity index (χ2n) is 6.14. The van der Waals surface area contributed by atoms with Crippen molar-refractivity contribution in [2.75, 3.05) is 0 Å². The molecule has 0 saturated heterocycles. The fourth-order valence-corrected chi connectivity index (χ4v) is 4.81. The molecule has 4 aliphatic carbocycles. The number of carbonyl (C=O) groups is 2. The molecule has 2 unspecified atom stereocenters. The standard InChI is InChI=1S/C13H19NO2/c1-8(16)14-13-4-9-2-10(5-13)12(7-15)11(3-9)6-13/h7,9-12H,2-6H2,1H3,(H,14,16). The van der Waals surface area contributed by atoms with Gasteiger partial charge in [-0.15, -0.1) is 0 Å². The molecule has 2 atom stereocenters. The molecule has 0 aromatic carbocycles. The third kappa shape index (κ3) is 1.40. The molecule has 16 heavy (non-hydrogen) atoms. The molecular weight excluding hydrogens is 202 g/mol. The predicted molar refractivity (Wildman–Crippen MR) is 59.7 cm³/mol. The summed E-state index contributed by atoms with van der Waals surface area (Å²) in [6.07, 6.45) is 6.80. The van der Waals surface area contributed by atoms with E-state index in [0.717, 1.165) is 25.2 Å². The van der Waals surface area contributed by atoms with Crippen molar-refractivity contribution in [3.63, 3.8) is 0 Å². The fraction of sp³-hybridized carbons (Fsp3) is 0.846. The molecule has 0 aromatic heterocycles. The Labute approximate surface area is 96.0 Å². The number of hydrogen-bond acceptors (Lipinski definition) is 2. The maximum Gasteiger partial charge on any atom is 0.217 e. The van der Waals surface area contributed by atoms with Crippen LogP contribution in [-0.2, 0) is 9.59 Å². The molecule has 4 aliphatic rings. The van der Waals surface area contributed by atoms with Gasteiger partial charge in [-0.1, -0.05) is 0 Å². The van der Waals surface area contributed by atoms with E-state index in [4.69, 9.17) is 0 Å². The Balaban J connectivity index is 1.86. The summed E-state index contributed by atoms with van der Waals surface area (Å²) in [5, 5.41) is 3.18. The van der Waals surface area contributed by atoms with Crippen LogP contribution in [0.5, 0.6) is 0 Å². The van der Waals surface area contributed by atoms with E-state index in [9.17, 15) is 9.59 Å². The van der Waals surface area contributed by atoms with Crippen molar-refractivity contribution in [1.82, 2.24) is 5.32 Å². The van der Waals surface area contributed by atoms with Gasteiger partial charge in [0.25, 0.3) is 0 Å². The molecule has 0 radical (unpaired) electrons. The van der Waals surface area contributed by atoms with Gasteiger partial charge in [0.2, 0.25) is 5.91 Å². The highest BCUT2D eigenvalue weighted by atomic mass is 16.1. The predicted octanol–water partition coefficient (Wildman–Crippen LogP) is 1.52. The van der Waals surface area contributed by atoms with Crippen LogP contribution in [0.4, 0.5) is 0 Å². The summed E-state index contributed by atoms with van der Waals surface area (Å²) in [7, 11) is 0. The maximum atomic E-state index is 11.3. The molecule has 88 valence electrons. The average Bonchev–Trinajstić information content (AvgIpc) is 2.13. The largest absolute Gasteiger partial charge is 0.351 e. The second kappa shape index (κ2) is 3.31. The summed E-state index contributed by atoms with van der Waals surface area (Å²) >= 11 is 0. The quantitative estimate of drug-likeness (QED) is 0.718. The van der Waals surface area contributed by atoms with Crippen LogP contribution in [0, 0.1) is 23.7 Å². The highest BCUT2D eigenvalue weighted by molar-refractivity contribution is 5.74. The lowest BCUT2D eigenvalue weighted by atomic mass is 9.49. The Kier molecular flexibility index (Phi) is 2.13. The van der Waals surface area contributed by atoms with Crippen LogP contribution < -0.4 is 5.32 Å². The van der Waals surface area contributed by atoms with Crippen LogP contribution in [0.15, 0.2) is 0 Å². The van der Waals surface area contributed by atoms with E-state index in [1.807, 2.05) is 0 Å². The molecule has 4 rings (SSSR count). The van der Waals surface area contributed by atoms with E-state index >= 15 is 0 Å². The van der Waals surface area contributed by atoms with Crippen molar-refractivity contribution in [1.29, 1.82) is 0 Å². The minimum atomic E-state index is 0.0435. The van der Waals surface area contributed by atoms with E-state index in [2.05, 4.69) is 5.32 Å². The Bertz CT molecular complexity index is 323. The Morgan fingerprint density at radius 1 is 1.25 bits per heavy atom. The number of amides is 1. The molecule has 3 heteroatoms. The van der Waals surface area contributed by atoms with E-state index < -0.39 is 0 Å². The lowest BCUT2D eigenvalue weighted by Crippen LogP contribution is -2.62. The average molecular weight is 221 g/mol. The van der Waals surface area contributed by atoms with Crippen LogP contribution in [0.2, 0.25) is 0 Å². The molecule has 1 amide bonds. The molecular formula is C13H19NO2. The number of hydrogen-bond donors (Lipinski definition) is 1. The lowest BCUT2D eigenvalue weighted by Gasteiger charge is -2.59. The van der Waals surface area contributed by atoms with Gasteiger partial charge >= 0.3 is 0 Å². The minimum absolute atomic E-state index is 0.0435. The molecule has 0 aromatic rings. The van der Waals surface area contributed by atoms with Crippen LogP contribution in [0.25, 0.3) is 0 Å². The van der Waals surface area contributed by atoms with E-state index in [1.165, 1.54) is 19.1 Å².